The van der Waals surface area contributed by atoms with Crippen LogP contribution in [0.4, 0.5) is 0 Å². The molecule has 2 fully saturated rings. The van der Waals surface area contributed by atoms with E-state index in [9.17, 15) is 45.6 Å². The van der Waals surface area contributed by atoms with Gasteiger partial charge in [0.05, 0.1) is 32.0 Å². The molecule has 12 unspecified atom stereocenters. The van der Waals surface area contributed by atoms with Crippen LogP contribution in [0.5, 0.6) is 0 Å². The number of rotatable bonds is 62. The van der Waals surface area contributed by atoms with Crippen molar-refractivity contribution in [2.45, 2.75) is 383 Å². The van der Waals surface area contributed by atoms with Crippen LogP contribution in [0, 0.1) is 0 Å². The van der Waals surface area contributed by atoms with E-state index in [-0.39, 0.29) is 12.5 Å². The van der Waals surface area contributed by atoms with Gasteiger partial charge in [-0.2, -0.15) is 0 Å². The maximum Gasteiger partial charge on any atom is 0.220 e. The Morgan fingerprint density at radius 2 is 0.750 bits per heavy atom. The van der Waals surface area contributed by atoms with Gasteiger partial charge in [0.1, 0.15) is 48.8 Å². The van der Waals surface area contributed by atoms with Crippen LogP contribution in [-0.4, -0.2) is 140 Å². The fourth-order valence-corrected chi connectivity index (χ4v) is 12.2. The Bertz CT molecular complexity index is 1870. The average molecular weight is 1300 g/mol. The number of carbonyl (C=O) groups is 1. The number of ether oxygens (including phenoxy) is 4. The van der Waals surface area contributed by atoms with Crippen molar-refractivity contribution in [1.29, 1.82) is 0 Å². The minimum Gasteiger partial charge on any atom is -0.394 e. The lowest BCUT2D eigenvalue weighted by Gasteiger charge is -2.46. The summed E-state index contributed by atoms with van der Waals surface area (Å²) in [6.07, 6.45) is 69.0. The highest BCUT2D eigenvalue weighted by atomic mass is 16.7. The molecule has 534 valence electrons. The summed E-state index contributed by atoms with van der Waals surface area (Å²) in [6, 6.07) is -0.831. The highest BCUT2D eigenvalue weighted by Crippen LogP contribution is 2.30. The van der Waals surface area contributed by atoms with E-state index in [0.717, 1.165) is 96.3 Å². The summed E-state index contributed by atoms with van der Waals surface area (Å²) >= 11 is 0. The Labute approximate surface area is 561 Å². The molecule has 0 bridgehead atoms. The summed E-state index contributed by atoms with van der Waals surface area (Å²) in [7, 11) is 0. The third-order valence-corrected chi connectivity index (χ3v) is 18.1. The van der Waals surface area contributed by atoms with Crippen molar-refractivity contribution in [3.63, 3.8) is 0 Å². The number of allylic oxidation sites excluding steroid dienone is 14. The molecule has 0 radical (unpaired) electrons. The number of aliphatic hydroxyl groups is 8. The lowest BCUT2D eigenvalue weighted by Crippen LogP contribution is -2.65. The summed E-state index contributed by atoms with van der Waals surface area (Å²) < 4.78 is 22.9. The van der Waals surface area contributed by atoms with Crippen LogP contribution in [0.1, 0.15) is 309 Å². The molecule has 14 nitrogen and oxygen atoms in total. The van der Waals surface area contributed by atoms with E-state index in [1.54, 1.807) is 0 Å². The first-order valence-electron chi connectivity index (χ1n) is 37.8. The van der Waals surface area contributed by atoms with Gasteiger partial charge in [-0.05, 0) is 70.6 Å². The van der Waals surface area contributed by atoms with E-state index < -0.39 is 86.8 Å². The van der Waals surface area contributed by atoms with Gasteiger partial charge in [-0.3, -0.25) is 4.79 Å². The summed E-state index contributed by atoms with van der Waals surface area (Å²) in [5.74, 6) is -0.204. The number of hydrogen-bond acceptors (Lipinski definition) is 13. The predicted molar refractivity (Wildman–Crippen MR) is 378 cm³/mol. The van der Waals surface area contributed by atoms with E-state index in [4.69, 9.17) is 18.9 Å². The second kappa shape index (κ2) is 61.7. The summed E-state index contributed by atoms with van der Waals surface area (Å²) in [5, 5.41) is 87.6. The van der Waals surface area contributed by atoms with Gasteiger partial charge in [0.2, 0.25) is 5.91 Å². The van der Waals surface area contributed by atoms with Crippen molar-refractivity contribution < 1.29 is 64.6 Å². The third kappa shape index (κ3) is 44.8. The summed E-state index contributed by atoms with van der Waals surface area (Å²) in [4.78, 5) is 13.4. The van der Waals surface area contributed by atoms with E-state index in [2.05, 4.69) is 104 Å². The normalized spacial score (nSPS) is 23.2. The van der Waals surface area contributed by atoms with Crippen LogP contribution in [0.3, 0.4) is 0 Å². The molecule has 0 aromatic rings. The Morgan fingerprint density at radius 1 is 0.402 bits per heavy atom. The van der Waals surface area contributed by atoms with Crippen LogP contribution >= 0.6 is 0 Å². The molecule has 2 saturated heterocycles. The zero-order valence-corrected chi connectivity index (χ0v) is 58.3. The molecule has 2 aliphatic heterocycles. The van der Waals surface area contributed by atoms with Gasteiger partial charge in [-0.15, -0.1) is 0 Å². The highest BCUT2D eigenvalue weighted by molar-refractivity contribution is 5.76. The van der Waals surface area contributed by atoms with Crippen molar-refractivity contribution in [3.8, 4) is 0 Å². The zero-order valence-electron chi connectivity index (χ0n) is 58.3. The standard InChI is InChI=1S/C78H139NO13/c1-3-5-7-9-11-13-15-17-19-21-22-23-24-25-26-27-28-29-30-31-32-33-34-35-36-37-38-39-40-41-42-43-44-46-48-50-52-54-56-58-60-62-70(83)79-66(67(82)61-59-57-55-53-51-49-47-45-20-18-16-14-12-10-8-6-4-2)65-89-77-75(88)73(86)76(69(64-81)91-77)92-78-74(87)72(85)71(84)68(63-80)90-78/h5,7,11,13,17,19,22-23,25-26,28-29,31-32,66-69,71-78,80-82,84-88H,3-4,6,8-10,12,14-16,18,20-21,24,27,30,33-65H2,1-2H3,(H,79,83)/b7-5-,13-11-,19-17-,23-22-,26-25-,29-28-,32-31-. The molecule has 14 heteroatoms. The Balaban J connectivity index is 1.56. The molecular weight excluding hydrogens is 1160 g/mol. The summed E-state index contributed by atoms with van der Waals surface area (Å²) in [5.41, 5.74) is 0. The molecule has 2 heterocycles. The second-order valence-electron chi connectivity index (χ2n) is 26.4. The number of hydrogen-bond donors (Lipinski definition) is 9. The fourth-order valence-electron chi connectivity index (χ4n) is 12.2. The molecular formula is C78H139NO13. The molecule has 0 spiro atoms. The SMILES string of the molecule is CC/C=C\C/C=C\C/C=C\C/C=C\C/C=C\C/C=C\C/C=C\CCCCCCCCCCCCCCCCCCCCCC(=O)NC(COC1OC(CO)C(OC2OC(CO)C(O)C(O)C2O)C(O)C1O)C(O)CCCCCCCCCCCCCCCCCCC. The molecule has 0 aliphatic carbocycles. The molecule has 12 atom stereocenters. The van der Waals surface area contributed by atoms with Gasteiger partial charge in [-0.1, -0.05) is 317 Å². The van der Waals surface area contributed by atoms with Crippen LogP contribution in [0.25, 0.3) is 0 Å². The zero-order chi connectivity index (χ0) is 66.6. The van der Waals surface area contributed by atoms with E-state index in [0.29, 0.717) is 12.8 Å². The topological polar surface area (TPSA) is 228 Å². The molecule has 0 aromatic heterocycles. The Morgan fingerprint density at radius 3 is 1.15 bits per heavy atom. The van der Waals surface area contributed by atoms with E-state index in [1.807, 2.05) is 0 Å². The Kier molecular flexibility index (Phi) is 57.2. The van der Waals surface area contributed by atoms with Gasteiger partial charge in [0.15, 0.2) is 12.6 Å². The van der Waals surface area contributed by atoms with Crippen LogP contribution in [0.15, 0.2) is 85.1 Å². The number of carbonyl (C=O) groups excluding carboxylic acids is 1. The molecule has 2 aliphatic rings. The van der Waals surface area contributed by atoms with Crippen molar-refractivity contribution in [1.82, 2.24) is 5.32 Å². The number of nitrogens with one attached hydrogen (secondary N) is 1. The van der Waals surface area contributed by atoms with E-state index >= 15 is 0 Å². The van der Waals surface area contributed by atoms with Crippen molar-refractivity contribution >= 4 is 5.91 Å². The monoisotopic (exact) mass is 1300 g/mol. The molecule has 0 saturated carbocycles. The molecule has 2 rings (SSSR count). The second-order valence-corrected chi connectivity index (χ2v) is 26.4. The molecule has 0 aromatic carbocycles. The largest absolute Gasteiger partial charge is 0.394 e. The van der Waals surface area contributed by atoms with Gasteiger partial charge >= 0.3 is 0 Å². The first-order chi connectivity index (χ1) is 45.1. The average Bonchev–Trinajstić information content (AvgIpc) is 0.856. The minimum absolute atomic E-state index is 0.204. The van der Waals surface area contributed by atoms with Crippen LogP contribution < -0.4 is 5.32 Å². The van der Waals surface area contributed by atoms with Gasteiger partial charge < -0.3 is 65.1 Å². The minimum atomic E-state index is -1.78. The highest BCUT2D eigenvalue weighted by Gasteiger charge is 2.51. The number of aliphatic hydroxyl groups excluding tert-OH is 8. The third-order valence-electron chi connectivity index (χ3n) is 18.1. The van der Waals surface area contributed by atoms with Crippen molar-refractivity contribution in [2.75, 3.05) is 19.8 Å². The maximum atomic E-state index is 13.4. The van der Waals surface area contributed by atoms with Crippen LogP contribution in [0.2, 0.25) is 0 Å². The van der Waals surface area contributed by atoms with Crippen molar-refractivity contribution in [3.05, 3.63) is 85.1 Å². The Hall–Kier alpha value is -2.83. The molecule has 9 N–H and O–H groups in total. The summed E-state index contributed by atoms with van der Waals surface area (Å²) in [6.45, 7) is 2.78. The number of amides is 1. The van der Waals surface area contributed by atoms with Gasteiger partial charge in [0.25, 0.3) is 0 Å². The van der Waals surface area contributed by atoms with Crippen molar-refractivity contribution in [2.24, 2.45) is 0 Å². The first kappa shape index (κ1) is 85.3. The quantitative estimate of drug-likeness (QED) is 0.0204. The smallest absolute Gasteiger partial charge is 0.220 e. The fraction of sp³-hybridized carbons (Fsp3) is 0.808. The molecule has 1 amide bonds. The van der Waals surface area contributed by atoms with Crippen LogP contribution in [-0.2, 0) is 23.7 Å². The lowest BCUT2D eigenvalue weighted by molar-refractivity contribution is -0.359. The van der Waals surface area contributed by atoms with E-state index in [1.165, 1.54) is 186 Å². The van der Waals surface area contributed by atoms with Gasteiger partial charge in [0, 0.05) is 6.42 Å². The first-order valence-corrected chi connectivity index (χ1v) is 37.8. The lowest BCUT2D eigenvalue weighted by atomic mass is 9.97. The van der Waals surface area contributed by atoms with Gasteiger partial charge in [-0.25, -0.2) is 0 Å². The molecule has 92 heavy (non-hydrogen) atoms. The predicted octanol–water partition coefficient (Wildman–Crippen LogP) is 16.4. The maximum absolute atomic E-state index is 13.4. The number of unbranched alkanes of at least 4 members (excludes halogenated alkanes) is 35.